The molecule has 5 nitrogen and oxygen atoms in total. The van der Waals surface area contributed by atoms with Crippen LogP contribution in [-0.2, 0) is 9.53 Å². The third kappa shape index (κ3) is 3.86. The molecule has 31 heavy (non-hydrogen) atoms. The molecule has 2 aliphatic heterocycles. The molecule has 2 aliphatic carbocycles. The summed E-state index contributed by atoms with van der Waals surface area (Å²) in [7, 11) is 1.71. The lowest BCUT2D eigenvalue weighted by atomic mass is 9.55. The Morgan fingerprint density at radius 1 is 1.26 bits per heavy atom. The summed E-state index contributed by atoms with van der Waals surface area (Å²) < 4.78 is 11.3. The number of hydrogen-bond donors (Lipinski definition) is 0. The second kappa shape index (κ2) is 8.16. The molecule has 0 N–H and O–H groups in total. The van der Waals surface area contributed by atoms with Gasteiger partial charge < -0.3 is 14.4 Å². The third-order valence-corrected chi connectivity index (χ3v) is 8.57. The molecule has 5 heteroatoms. The minimum atomic E-state index is 0.0210. The average molecular weight is 425 g/mol. The lowest BCUT2D eigenvalue weighted by molar-refractivity contribution is -0.146. The van der Waals surface area contributed by atoms with E-state index in [1.165, 1.54) is 24.1 Å². The Morgan fingerprint density at radius 2 is 2.06 bits per heavy atom. The standard InChI is InChI=1S/C26H36N2O3/c1-18-6-5-9-26(2)16-24-21(15-23(18)26)22(25(29)31-24)17-27-10-12-28(13-11-27)19-7-4-8-20(14-19)30-3/h4,7-8,14,21-24H,1,5-6,9-13,15-17H2,2-3H3/t21-,22-,23-,24-,26-/m1/s1. The van der Waals surface area contributed by atoms with Crippen molar-refractivity contribution in [2.45, 2.75) is 45.1 Å². The normalized spacial score (nSPS) is 36.0. The maximum absolute atomic E-state index is 12.9. The number of anilines is 1. The zero-order valence-electron chi connectivity index (χ0n) is 19.0. The second-order valence-electron chi connectivity index (χ2n) is 10.4. The van der Waals surface area contributed by atoms with E-state index in [-0.39, 0.29) is 23.4 Å². The van der Waals surface area contributed by atoms with Crippen LogP contribution in [0, 0.1) is 23.2 Å². The van der Waals surface area contributed by atoms with Gasteiger partial charge in [0.15, 0.2) is 0 Å². The van der Waals surface area contributed by atoms with Crippen LogP contribution >= 0.6 is 0 Å². The molecule has 4 aliphatic rings. The summed E-state index contributed by atoms with van der Waals surface area (Å²) >= 11 is 0. The van der Waals surface area contributed by atoms with E-state index >= 15 is 0 Å². The van der Waals surface area contributed by atoms with E-state index in [2.05, 4.69) is 35.4 Å². The van der Waals surface area contributed by atoms with Crippen LogP contribution in [0.1, 0.15) is 39.0 Å². The highest BCUT2D eigenvalue weighted by molar-refractivity contribution is 5.75. The van der Waals surface area contributed by atoms with E-state index in [0.29, 0.717) is 11.8 Å². The number of nitrogens with zero attached hydrogens (tertiary/aromatic N) is 2. The first-order chi connectivity index (χ1) is 15.0. The molecule has 1 aromatic rings. The SMILES string of the molecule is C=C1CCC[C@]2(C)C[C@H]3OC(=O)[C@H](CN4CCN(c5cccc(OC)c5)CC4)[C@H]3C[C@H]12. The largest absolute Gasteiger partial charge is 0.497 e. The van der Waals surface area contributed by atoms with Gasteiger partial charge in [-0.2, -0.15) is 0 Å². The fourth-order valence-corrected chi connectivity index (χ4v) is 6.74. The van der Waals surface area contributed by atoms with E-state index < -0.39 is 0 Å². The third-order valence-electron chi connectivity index (χ3n) is 8.57. The molecule has 0 unspecified atom stereocenters. The Kier molecular flexibility index (Phi) is 5.49. The first kappa shape index (κ1) is 20.9. The number of piperazine rings is 1. The van der Waals surface area contributed by atoms with Gasteiger partial charge in [-0.05, 0) is 55.6 Å². The monoisotopic (exact) mass is 424 g/mol. The molecular weight excluding hydrogens is 388 g/mol. The fourth-order valence-electron chi connectivity index (χ4n) is 6.74. The zero-order valence-corrected chi connectivity index (χ0v) is 19.0. The van der Waals surface area contributed by atoms with Gasteiger partial charge in [0.05, 0.1) is 13.0 Å². The Balaban J connectivity index is 1.22. The molecule has 2 saturated carbocycles. The Bertz CT molecular complexity index is 847. The summed E-state index contributed by atoms with van der Waals surface area (Å²) in [6, 6.07) is 8.28. The van der Waals surface area contributed by atoms with Crippen molar-refractivity contribution in [3.8, 4) is 5.75 Å². The zero-order chi connectivity index (χ0) is 21.6. The van der Waals surface area contributed by atoms with Crippen LogP contribution in [0.2, 0.25) is 0 Å². The smallest absolute Gasteiger partial charge is 0.310 e. The minimum Gasteiger partial charge on any atom is -0.497 e. The van der Waals surface area contributed by atoms with Gasteiger partial charge in [-0.25, -0.2) is 0 Å². The predicted molar refractivity (Wildman–Crippen MR) is 122 cm³/mol. The molecule has 0 spiro atoms. The Morgan fingerprint density at radius 3 is 2.84 bits per heavy atom. The number of benzene rings is 1. The number of carbonyl (C=O) groups excluding carboxylic acids is 1. The maximum atomic E-state index is 12.9. The molecule has 1 aromatic carbocycles. The molecule has 0 bridgehead atoms. The van der Waals surface area contributed by atoms with Crippen molar-refractivity contribution in [1.29, 1.82) is 0 Å². The number of hydrogen-bond acceptors (Lipinski definition) is 5. The van der Waals surface area contributed by atoms with Gasteiger partial charge in [-0.15, -0.1) is 0 Å². The molecule has 4 fully saturated rings. The van der Waals surface area contributed by atoms with Crippen LogP contribution in [0.3, 0.4) is 0 Å². The van der Waals surface area contributed by atoms with E-state index in [4.69, 9.17) is 9.47 Å². The van der Waals surface area contributed by atoms with E-state index in [9.17, 15) is 4.79 Å². The molecule has 5 atom stereocenters. The first-order valence-electron chi connectivity index (χ1n) is 12.0. The number of esters is 1. The van der Waals surface area contributed by atoms with Crippen LogP contribution in [0.15, 0.2) is 36.4 Å². The lowest BCUT2D eigenvalue weighted by Gasteiger charge is -2.50. The van der Waals surface area contributed by atoms with Crippen molar-refractivity contribution in [3.63, 3.8) is 0 Å². The highest BCUT2D eigenvalue weighted by atomic mass is 16.6. The molecule has 168 valence electrons. The quantitative estimate of drug-likeness (QED) is 0.537. The molecule has 0 amide bonds. The highest BCUT2D eigenvalue weighted by Gasteiger charge is 2.55. The summed E-state index contributed by atoms with van der Waals surface area (Å²) in [5.74, 6) is 1.88. The van der Waals surface area contributed by atoms with Crippen molar-refractivity contribution >= 4 is 11.7 Å². The van der Waals surface area contributed by atoms with Crippen LogP contribution in [-0.4, -0.2) is 56.8 Å². The Labute approximate surface area is 186 Å². The van der Waals surface area contributed by atoms with Crippen molar-refractivity contribution < 1.29 is 14.3 Å². The number of methoxy groups -OCH3 is 1. The number of carbonyl (C=O) groups is 1. The number of rotatable bonds is 4. The van der Waals surface area contributed by atoms with Gasteiger partial charge in [-0.3, -0.25) is 9.69 Å². The van der Waals surface area contributed by atoms with Crippen LogP contribution in [0.5, 0.6) is 5.75 Å². The minimum absolute atomic E-state index is 0.0210. The van der Waals surface area contributed by atoms with Crippen molar-refractivity contribution in [1.82, 2.24) is 4.90 Å². The van der Waals surface area contributed by atoms with Crippen molar-refractivity contribution in [2.24, 2.45) is 23.2 Å². The van der Waals surface area contributed by atoms with E-state index in [0.717, 1.165) is 57.7 Å². The first-order valence-corrected chi connectivity index (χ1v) is 12.0. The summed E-state index contributed by atoms with van der Waals surface area (Å²) in [5.41, 5.74) is 2.90. The van der Waals surface area contributed by atoms with Gasteiger partial charge in [-0.1, -0.05) is 25.1 Å². The summed E-state index contributed by atoms with van der Waals surface area (Å²) in [6.07, 6.45) is 5.85. The molecular formula is C26H36N2O3. The number of fused-ring (bicyclic) bond motifs is 2. The fraction of sp³-hybridized carbons (Fsp3) is 0.654. The number of ether oxygens (including phenoxy) is 2. The lowest BCUT2D eigenvalue weighted by Crippen LogP contribution is -2.50. The van der Waals surface area contributed by atoms with Crippen molar-refractivity contribution in [2.75, 3.05) is 44.7 Å². The predicted octanol–water partition coefficient (Wildman–Crippen LogP) is 4.13. The van der Waals surface area contributed by atoms with Crippen LogP contribution < -0.4 is 9.64 Å². The average Bonchev–Trinajstić information content (AvgIpc) is 3.06. The topological polar surface area (TPSA) is 42.0 Å². The molecule has 0 aromatic heterocycles. The van der Waals surface area contributed by atoms with Gasteiger partial charge >= 0.3 is 5.97 Å². The van der Waals surface area contributed by atoms with E-state index in [1.807, 2.05) is 12.1 Å². The van der Waals surface area contributed by atoms with Gasteiger partial charge in [0, 0.05) is 50.4 Å². The van der Waals surface area contributed by atoms with Crippen LogP contribution in [0.25, 0.3) is 0 Å². The second-order valence-corrected chi connectivity index (χ2v) is 10.4. The Hall–Kier alpha value is -2.01. The van der Waals surface area contributed by atoms with Crippen LogP contribution in [0.4, 0.5) is 5.69 Å². The number of allylic oxidation sites excluding steroid dienone is 1. The molecule has 5 rings (SSSR count). The molecule has 0 radical (unpaired) electrons. The van der Waals surface area contributed by atoms with Gasteiger partial charge in [0.2, 0.25) is 0 Å². The van der Waals surface area contributed by atoms with E-state index in [1.54, 1.807) is 7.11 Å². The molecule has 2 saturated heterocycles. The highest BCUT2D eigenvalue weighted by Crippen LogP contribution is 2.56. The maximum Gasteiger partial charge on any atom is 0.310 e. The van der Waals surface area contributed by atoms with Gasteiger partial charge in [0.1, 0.15) is 11.9 Å². The summed E-state index contributed by atoms with van der Waals surface area (Å²) in [5, 5.41) is 0. The summed E-state index contributed by atoms with van der Waals surface area (Å²) in [4.78, 5) is 17.7. The summed E-state index contributed by atoms with van der Waals surface area (Å²) in [6.45, 7) is 11.6. The van der Waals surface area contributed by atoms with Crippen molar-refractivity contribution in [3.05, 3.63) is 36.4 Å². The van der Waals surface area contributed by atoms with Gasteiger partial charge in [0.25, 0.3) is 0 Å². The molecule has 2 heterocycles.